The fourth-order valence-electron chi connectivity index (χ4n) is 3.91. The molecule has 1 aliphatic rings. The number of nitrogens with one attached hydrogen (secondary N) is 2. The van der Waals surface area contributed by atoms with Crippen LogP contribution in [0, 0.1) is 0 Å². The average molecular weight is 474 g/mol. The van der Waals surface area contributed by atoms with E-state index in [-0.39, 0.29) is 17.6 Å². The van der Waals surface area contributed by atoms with Crippen LogP contribution in [0.25, 0.3) is 0 Å². The van der Waals surface area contributed by atoms with Crippen LogP contribution < -0.4 is 20.9 Å². The summed E-state index contributed by atoms with van der Waals surface area (Å²) in [5.74, 6) is 4.96. The summed E-state index contributed by atoms with van der Waals surface area (Å²) in [5, 5.41) is 0. The molecule has 33 heavy (non-hydrogen) atoms. The molecule has 10 heteroatoms. The van der Waals surface area contributed by atoms with Crippen LogP contribution in [-0.4, -0.2) is 57.1 Å². The molecule has 1 heterocycles. The van der Waals surface area contributed by atoms with Crippen LogP contribution in [0.15, 0.2) is 42.5 Å². The highest BCUT2D eigenvalue weighted by Crippen LogP contribution is 2.29. The molecule has 2 amide bonds. The van der Waals surface area contributed by atoms with Gasteiger partial charge in [-0.1, -0.05) is 25.1 Å². The van der Waals surface area contributed by atoms with Crippen LogP contribution in [0.4, 0.5) is 11.4 Å². The van der Waals surface area contributed by atoms with E-state index in [2.05, 4.69) is 15.0 Å². The monoisotopic (exact) mass is 473 g/mol. The number of carbonyl (C=O) groups is 2. The Labute approximate surface area is 195 Å². The lowest BCUT2D eigenvalue weighted by molar-refractivity contribution is -0.129. The van der Waals surface area contributed by atoms with E-state index in [1.807, 2.05) is 36.1 Å². The molecule has 0 radical (unpaired) electrons. The fraction of sp³-hybridized carbons (Fsp3) is 0.391. The number of nitrogens with two attached hydrogens (primary N) is 1. The third kappa shape index (κ3) is 6.45. The van der Waals surface area contributed by atoms with Gasteiger partial charge >= 0.3 is 0 Å². The number of sulfonamides is 1. The second-order valence-electron chi connectivity index (χ2n) is 8.10. The molecule has 0 bridgehead atoms. The Morgan fingerprint density at radius 3 is 2.27 bits per heavy atom. The molecule has 0 atom stereocenters. The van der Waals surface area contributed by atoms with Crippen molar-refractivity contribution in [2.24, 2.45) is 5.84 Å². The minimum atomic E-state index is -3.41. The zero-order valence-corrected chi connectivity index (χ0v) is 19.8. The molecule has 2 aromatic carbocycles. The summed E-state index contributed by atoms with van der Waals surface area (Å²) in [6.45, 7) is 5.94. The molecule has 4 N–H and O–H groups in total. The molecule has 178 valence electrons. The van der Waals surface area contributed by atoms with Gasteiger partial charge in [0.1, 0.15) is 0 Å². The normalized spacial score (nSPS) is 14.2. The Hall–Kier alpha value is -3.11. The van der Waals surface area contributed by atoms with Crippen molar-refractivity contribution in [3.63, 3.8) is 0 Å². The van der Waals surface area contributed by atoms with Gasteiger partial charge in [-0.25, -0.2) is 14.3 Å². The maximum Gasteiger partial charge on any atom is 0.265 e. The summed E-state index contributed by atoms with van der Waals surface area (Å²) in [7, 11) is -3.41. The minimum Gasteiger partial charge on any atom is -0.368 e. The Morgan fingerprint density at radius 1 is 1.03 bits per heavy atom. The first kappa shape index (κ1) is 24.5. The maximum absolute atomic E-state index is 12.3. The van der Waals surface area contributed by atoms with E-state index in [1.54, 1.807) is 25.1 Å². The zero-order chi connectivity index (χ0) is 24.0. The fourth-order valence-corrected chi connectivity index (χ4v) is 5.04. The molecule has 0 unspecified atom stereocenters. The Kier molecular flexibility index (Phi) is 7.93. The summed E-state index contributed by atoms with van der Waals surface area (Å²) in [6, 6.07) is 12.7. The number of amides is 2. The van der Waals surface area contributed by atoms with Crippen molar-refractivity contribution in [1.82, 2.24) is 10.3 Å². The first-order valence-corrected chi connectivity index (χ1v) is 12.6. The first-order chi connectivity index (χ1) is 15.7. The molecule has 0 saturated carbocycles. The number of piperazine rings is 1. The predicted molar refractivity (Wildman–Crippen MR) is 130 cm³/mol. The van der Waals surface area contributed by atoms with Gasteiger partial charge < -0.3 is 9.80 Å². The number of hydrazine groups is 1. The molecule has 2 aromatic rings. The van der Waals surface area contributed by atoms with Gasteiger partial charge in [-0.15, -0.1) is 0 Å². The van der Waals surface area contributed by atoms with Gasteiger partial charge in [0.2, 0.25) is 15.9 Å². The van der Waals surface area contributed by atoms with Crippen molar-refractivity contribution in [3.8, 4) is 0 Å². The largest absolute Gasteiger partial charge is 0.368 e. The van der Waals surface area contributed by atoms with Crippen molar-refractivity contribution >= 4 is 33.2 Å². The van der Waals surface area contributed by atoms with E-state index in [0.29, 0.717) is 50.3 Å². The summed E-state index contributed by atoms with van der Waals surface area (Å²) in [5.41, 5.74) is 6.08. The number of carbonyl (C=O) groups excluding carboxylic acids is 2. The van der Waals surface area contributed by atoms with Crippen molar-refractivity contribution < 1.29 is 18.0 Å². The topological polar surface area (TPSA) is 125 Å². The molecule has 3 rings (SSSR count). The Balaban J connectivity index is 1.88. The molecule has 9 nitrogen and oxygen atoms in total. The van der Waals surface area contributed by atoms with Gasteiger partial charge in [-0.05, 0) is 48.2 Å². The second kappa shape index (κ2) is 10.7. The first-order valence-electron chi connectivity index (χ1n) is 11.0. The highest BCUT2D eigenvalue weighted by Gasteiger charge is 2.22. The number of hydrogen-bond donors (Lipinski definition) is 3. The van der Waals surface area contributed by atoms with E-state index in [0.717, 1.165) is 16.8 Å². The third-order valence-corrected chi connectivity index (χ3v) is 7.13. The second-order valence-corrected chi connectivity index (χ2v) is 9.95. The zero-order valence-electron chi connectivity index (χ0n) is 19.0. The van der Waals surface area contributed by atoms with Crippen LogP contribution in [0.1, 0.15) is 41.8 Å². The molecule has 1 fully saturated rings. The van der Waals surface area contributed by atoms with Crippen molar-refractivity contribution in [2.45, 2.75) is 26.7 Å². The Morgan fingerprint density at radius 2 is 1.70 bits per heavy atom. The van der Waals surface area contributed by atoms with Gasteiger partial charge in [0, 0.05) is 44.4 Å². The van der Waals surface area contributed by atoms with Crippen molar-refractivity contribution in [2.75, 3.05) is 41.6 Å². The molecular weight excluding hydrogens is 442 g/mol. The molecular formula is C23H31N5O4S. The summed E-state index contributed by atoms with van der Waals surface area (Å²) in [6.07, 6.45) is 1.14. The predicted octanol–water partition coefficient (Wildman–Crippen LogP) is 1.70. The number of nitrogen functional groups attached to an aromatic ring is 1. The van der Waals surface area contributed by atoms with Crippen molar-refractivity contribution in [3.05, 3.63) is 59.2 Å². The van der Waals surface area contributed by atoms with Crippen LogP contribution in [0.3, 0.4) is 0 Å². The van der Waals surface area contributed by atoms with Gasteiger partial charge in [-0.2, -0.15) is 0 Å². The SMILES string of the molecule is CCCS(=O)(=O)Nc1ccc(Cc2ccc(C(=O)NN)cc2)c(N2CCN(C(C)=O)CC2)c1. The summed E-state index contributed by atoms with van der Waals surface area (Å²) >= 11 is 0. The molecule has 0 spiro atoms. The quantitative estimate of drug-likeness (QED) is 0.304. The number of benzene rings is 2. The minimum absolute atomic E-state index is 0.0533. The van der Waals surface area contributed by atoms with E-state index in [4.69, 9.17) is 5.84 Å². The van der Waals surface area contributed by atoms with Gasteiger partial charge in [0.25, 0.3) is 5.91 Å². The van der Waals surface area contributed by atoms with E-state index >= 15 is 0 Å². The van der Waals surface area contributed by atoms with E-state index < -0.39 is 10.0 Å². The lowest BCUT2D eigenvalue weighted by Gasteiger charge is -2.37. The van der Waals surface area contributed by atoms with Gasteiger partial charge in [0.05, 0.1) is 11.4 Å². The van der Waals surface area contributed by atoms with Crippen LogP contribution in [0.2, 0.25) is 0 Å². The lowest BCUT2D eigenvalue weighted by Crippen LogP contribution is -2.48. The average Bonchev–Trinajstić information content (AvgIpc) is 2.79. The highest BCUT2D eigenvalue weighted by molar-refractivity contribution is 7.92. The number of nitrogens with zero attached hydrogens (tertiary/aromatic N) is 2. The standard InChI is InChI=1S/C23H31N5O4S/c1-3-14-33(31,32)26-21-9-8-20(15-18-4-6-19(7-5-18)23(30)25-24)22(16-21)28-12-10-27(11-13-28)17(2)29/h4-9,16,26H,3,10-15,24H2,1-2H3,(H,25,30). The summed E-state index contributed by atoms with van der Waals surface area (Å²) in [4.78, 5) is 27.4. The number of rotatable bonds is 8. The molecule has 1 aliphatic heterocycles. The van der Waals surface area contributed by atoms with Crippen LogP contribution in [0.5, 0.6) is 0 Å². The number of hydrogen-bond acceptors (Lipinski definition) is 6. The molecule has 0 aromatic heterocycles. The van der Waals surface area contributed by atoms with Gasteiger partial charge in [-0.3, -0.25) is 19.7 Å². The highest BCUT2D eigenvalue weighted by atomic mass is 32.2. The van der Waals surface area contributed by atoms with Crippen LogP contribution >= 0.6 is 0 Å². The van der Waals surface area contributed by atoms with Crippen LogP contribution in [-0.2, 0) is 21.2 Å². The molecule has 1 saturated heterocycles. The third-order valence-electron chi connectivity index (χ3n) is 5.64. The van der Waals surface area contributed by atoms with E-state index in [1.165, 1.54) is 0 Å². The summed E-state index contributed by atoms with van der Waals surface area (Å²) < 4.78 is 27.2. The van der Waals surface area contributed by atoms with Crippen molar-refractivity contribution in [1.29, 1.82) is 0 Å². The Bertz CT molecular complexity index is 1090. The van der Waals surface area contributed by atoms with Gasteiger partial charge in [0.15, 0.2) is 0 Å². The maximum atomic E-state index is 12.3. The van der Waals surface area contributed by atoms with E-state index in [9.17, 15) is 18.0 Å². The lowest BCUT2D eigenvalue weighted by atomic mass is 10.0. The number of anilines is 2. The molecule has 0 aliphatic carbocycles. The smallest absolute Gasteiger partial charge is 0.265 e.